The Balaban J connectivity index is 0.837. The van der Waals surface area contributed by atoms with E-state index in [1.54, 1.807) is 0 Å². The molecule has 0 spiro atoms. The fraction of sp³-hybridized carbons (Fsp3) is 0.171. The lowest BCUT2D eigenvalue weighted by Crippen LogP contribution is -2.63. The number of carbonyl (C=O) groups is 10. The van der Waals surface area contributed by atoms with Crippen LogP contribution in [0.1, 0.15) is 105 Å². The fourth-order valence-corrected chi connectivity index (χ4v) is 14.9. The maximum absolute atomic E-state index is 15.4. The van der Waals surface area contributed by atoms with Gasteiger partial charge in [0, 0.05) is 33.9 Å². The summed E-state index contributed by atoms with van der Waals surface area (Å²) in [6.45, 7) is -3.11. The predicted molar refractivity (Wildman–Crippen MR) is 413 cm³/mol. The number of rotatable bonds is 10. The molecule has 2 fully saturated rings. The molecule has 698 valence electrons. The summed E-state index contributed by atoms with van der Waals surface area (Å²) in [4.78, 5) is 149. The lowest BCUT2D eigenvalue weighted by molar-refractivity contribution is -0.286. The highest BCUT2D eigenvalue weighted by Crippen LogP contribution is 2.59. The molecule has 5 aliphatic heterocycles. The molecule has 52 nitrogen and oxygen atoms in total. The van der Waals surface area contributed by atoms with Crippen LogP contribution in [-0.2, 0) is 61.6 Å². The largest absolute Gasteiger partial charge is 0.506 e. The van der Waals surface area contributed by atoms with E-state index >= 15 is 28.8 Å². The summed E-state index contributed by atoms with van der Waals surface area (Å²) in [5.74, 6) is -67.2. The van der Waals surface area contributed by atoms with Gasteiger partial charge in [0.2, 0.25) is 70.8 Å². The van der Waals surface area contributed by atoms with E-state index in [1.807, 2.05) is 0 Å². The molecule has 0 radical (unpaired) electrons. The van der Waals surface area contributed by atoms with Crippen LogP contribution in [-0.4, -0.2) is 289 Å². The van der Waals surface area contributed by atoms with E-state index in [1.165, 1.54) is 0 Å². The minimum Gasteiger partial charge on any atom is -0.506 e. The van der Waals surface area contributed by atoms with Crippen molar-refractivity contribution < 1.29 is 258 Å². The van der Waals surface area contributed by atoms with Gasteiger partial charge in [-0.1, -0.05) is 0 Å². The van der Waals surface area contributed by atoms with Crippen LogP contribution < -0.4 is 4.74 Å². The smallest absolute Gasteiger partial charge is 0.344 e. The van der Waals surface area contributed by atoms with E-state index in [-0.39, 0.29) is 36.4 Å². The minimum atomic E-state index is -3.08. The molecule has 5 unspecified atom stereocenters. The molecule has 5 heterocycles. The van der Waals surface area contributed by atoms with Crippen LogP contribution in [0.15, 0.2) is 96.0 Å². The second-order valence-corrected chi connectivity index (χ2v) is 29.4. The zero-order chi connectivity index (χ0) is 97.5. The van der Waals surface area contributed by atoms with Crippen LogP contribution >= 0.6 is 0 Å². The number of hydrogen-bond donors (Lipinski definition) is 29. The topological polar surface area (TPSA) is 877 Å². The van der Waals surface area contributed by atoms with Crippen molar-refractivity contribution in [3.05, 3.63) is 152 Å². The van der Waals surface area contributed by atoms with E-state index in [9.17, 15) is 167 Å². The second kappa shape index (κ2) is 33.1. The van der Waals surface area contributed by atoms with Gasteiger partial charge < -0.3 is 210 Å². The van der Waals surface area contributed by atoms with Gasteiger partial charge in [-0.05, 0) is 72.8 Å². The second-order valence-electron chi connectivity index (χ2n) is 29.4. The monoisotopic (exact) mass is 1870 g/mol. The van der Waals surface area contributed by atoms with E-state index in [2.05, 4.69) is 0 Å². The maximum Gasteiger partial charge on any atom is 0.344 e. The van der Waals surface area contributed by atoms with Crippen molar-refractivity contribution in [3.8, 4) is 183 Å². The Labute approximate surface area is 736 Å². The van der Waals surface area contributed by atoms with E-state index < -0.39 is 402 Å². The van der Waals surface area contributed by atoms with Gasteiger partial charge in [-0.3, -0.25) is 0 Å². The Morgan fingerprint density at radius 3 is 1.12 bits per heavy atom. The molecular formula is C82H58O52. The Bertz CT molecular complexity index is 6710. The minimum absolute atomic E-state index is 0.110. The van der Waals surface area contributed by atoms with Gasteiger partial charge in [-0.2, -0.15) is 0 Å². The molecule has 0 saturated carbocycles. The molecule has 15 rings (SSSR count). The molecule has 0 aromatic heterocycles. The van der Waals surface area contributed by atoms with Crippen LogP contribution in [0.4, 0.5) is 0 Å². The fourth-order valence-electron chi connectivity index (χ4n) is 14.9. The lowest BCUT2D eigenvalue weighted by atomic mass is 9.79. The molecular weight excluding hydrogens is 1820 g/mol. The maximum atomic E-state index is 15.4. The number of aliphatic hydroxyl groups excluding tert-OH is 3. The highest BCUT2D eigenvalue weighted by Gasteiger charge is 2.59. The number of phenolic OH excluding ortho intramolecular Hbond substituents is 26. The standard InChI is InChI=1S/C82H58O52/c83-26-1-16(2-27(84)47(26)95)71(112)129-67-65-39(14-122-74(115)19-7-31(88)50(98)57(105)41(19)43-21(76(117)127-65)9-33(90)52(100)59(43)107)125-81(69(67)131-72(113)17-3-28(85)48(96)29(86)4-17)133-73(114)18-5-30(87)49(97)38(6-18)124-64-25(13-37(94)56(104)63(64)111)80(121)134-82-70-68(130-78(119)23-11-35(92)54(102)61(109)45(23)46-24(79(120)132-70)12-36(93)55(103)62(46)110)66-40(126-82)15-123-75(116)20-8-32(89)51(99)58(106)42(20)44-22(77(118)128-66)10-34(91)53(101)60(44)108/h1-13,39-40,43,59,65-70,81-111H,14-15H2/t39-,40?,43?,59+,65?,66-,67?,68-,69+,70+,81+,82?/m0/s1. The van der Waals surface area contributed by atoms with Gasteiger partial charge in [0.1, 0.15) is 37.1 Å². The van der Waals surface area contributed by atoms with Crippen molar-refractivity contribution in [2.75, 3.05) is 13.2 Å². The molecule has 9 aromatic carbocycles. The Hall–Kier alpha value is -18.8. The van der Waals surface area contributed by atoms with Gasteiger partial charge in [-0.15, -0.1) is 0 Å². The van der Waals surface area contributed by atoms with Crippen molar-refractivity contribution in [1.82, 2.24) is 0 Å². The molecule has 0 amide bonds. The zero-order valence-corrected chi connectivity index (χ0v) is 65.7. The number of esters is 10. The summed E-state index contributed by atoms with van der Waals surface area (Å²) in [6.07, 6.45) is -30.7. The quantitative estimate of drug-likeness (QED) is 0.0531. The zero-order valence-electron chi connectivity index (χ0n) is 65.7. The molecule has 29 N–H and O–H groups in total. The Morgan fingerprint density at radius 2 is 0.649 bits per heavy atom. The van der Waals surface area contributed by atoms with Gasteiger partial charge >= 0.3 is 59.7 Å². The van der Waals surface area contributed by atoms with Crippen LogP contribution in [0.3, 0.4) is 0 Å². The van der Waals surface area contributed by atoms with Crippen molar-refractivity contribution in [2.24, 2.45) is 0 Å². The molecule has 2 saturated heterocycles. The SMILES string of the molecule is O=C1OC2C(OC(=O)c3cc(O)c(O)c(O)c3)[C@@H](OC(=O)c3cc(O)c(O)c(O)c3)[C@@H](OC(=O)c3cc(O)c(O)c(Oc4c(C(=O)OC5OC6COC(=O)c7cc(O)c(O)c(O)c7-c7c(cc(O)c(O)c7O)C(=O)O[C@@H]6[C@@H]6OC(=O)c7cc(O)c(O)c(O)c7-c7c(cc(O)c(O)c7O)C(=O)O[C@@H]56)cc(O)c(O)c4O)c3)O[C@H]2COC(=O)c2cc(O)c(O)c(O)c2C2C1=CC(O)=C(O)[C@@H]2O. The summed E-state index contributed by atoms with van der Waals surface area (Å²) in [6, 6.07) is 3.66. The highest BCUT2D eigenvalue weighted by molar-refractivity contribution is 6.11. The van der Waals surface area contributed by atoms with E-state index in [0.717, 1.165) is 0 Å². The van der Waals surface area contributed by atoms with Crippen LogP contribution in [0, 0.1) is 0 Å². The summed E-state index contributed by atoms with van der Waals surface area (Å²) < 4.78 is 74.6. The number of fused-ring (bicyclic) bond motifs is 13. The number of allylic oxidation sites excluding steroid dienone is 1. The predicted octanol–water partition coefficient (Wildman–Crippen LogP) is 3.03. The van der Waals surface area contributed by atoms with E-state index in [4.69, 9.17) is 61.6 Å². The highest BCUT2D eigenvalue weighted by atomic mass is 16.8. The number of ether oxygens (including phenoxy) is 13. The van der Waals surface area contributed by atoms with Crippen molar-refractivity contribution in [3.63, 3.8) is 0 Å². The summed E-state index contributed by atoms with van der Waals surface area (Å²) in [5.41, 5.74) is -18.5. The van der Waals surface area contributed by atoms with Crippen LogP contribution in [0.25, 0.3) is 22.3 Å². The molecule has 1 aliphatic carbocycles. The first kappa shape index (κ1) is 90.0. The third-order valence-electron chi connectivity index (χ3n) is 21.3. The third-order valence-corrected chi connectivity index (χ3v) is 21.3. The molecule has 6 aliphatic rings. The normalized spacial score (nSPS) is 21.4. The van der Waals surface area contributed by atoms with Gasteiger partial charge in [-0.25, -0.2) is 47.9 Å². The van der Waals surface area contributed by atoms with E-state index in [0.29, 0.717) is 42.5 Å². The molecule has 0 bridgehead atoms. The third kappa shape index (κ3) is 15.1. The molecule has 9 aromatic rings. The number of phenols is 26. The molecule has 52 heteroatoms. The van der Waals surface area contributed by atoms with Gasteiger partial charge in [0.05, 0.1) is 56.0 Å². The van der Waals surface area contributed by atoms with Crippen molar-refractivity contribution >= 4 is 59.7 Å². The van der Waals surface area contributed by atoms with Crippen LogP contribution in [0.5, 0.6) is 161 Å². The number of aliphatic hydroxyl groups is 3. The number of carbonyl (C=O) groups excluding carboxylic acids is 10. The van der Waals surface area contributed by atoms with Crippen LogP contribution in [0.2, 0.25) is 0 Å². The molecule has 134 heavy (non-hydrogen) atoms. The summed E-state index contributed by atoms with van der Waals surface area (Å²) in [7, 11) is 0. The van der Waals surface area contributed by atoms with Gasteiger partial charge in [0.25, 0.3) is 0 Å². The van der Waals surface area contributed by atoms with Crippen molar-refractivity contribution in [2.45, 2.75) is 73.4 Å². The first-order valence-corrected chi connectivity index (χ1v) is 37.4. The average molecular weight is 1880 g/mol. The van der Waals surface area contributed by atoms with Crippen molar-refractivity contribution in [1.29, 1.82) is 0 Å². The Kier molecular flexibility index (Phi) is 22.3. The van der Waals surface area contributed by atoms with Gasteiger partial charge in [0.15, 0.2) is 151 Å². The summed E-state index contributed by atoms with van der Waals surface area (Å²) >= 11 is 0. The first-order chi connectivity index (χ1) is 63.1. The molecule has 12 atom stereocenters. The summed E-state index contributed by atoms with van der Waals surface area (Å²) in [5, 5.41) is 319. The number of aromatic hydroxyl groups is 26. The number of cyclic esters (lactones) is 2. The Morgan fingerprint density at radius 1 is 0.306 bits per heavy atom. The average Bonchev–Trinajstić information content (AvgIpc) is 0.865. The first-order valence-electron chi connectivity index (χ1n) is 37.4. The number of hydrogen-bond acceptors (Lipinski definition) is 52. The lowest BCUT2D eigenvalue weighted by Gasteiger charge is -2.44. The number of benzene rings is 9.